The van der Waals surface area contributed by atoms with Crippen molar-refractivity contribution in [1.82, 2.24) is 9.55 Å². The number of aliphatic hydroxyl groups excluding tert-OH is 1. The van der Waals surface area contributed by atoms with Crippen molar-refractivity contribution in [2.24, 2.45) is 0 Å². The van der Waals surface area contributed by atoms with Gasteiger partial charge in [-0.25, -0.2) is 4.79 Å². The van der Waals surface area contributed by atoms with Gasteiger partial charge in [-0.05, 0) is 12.1 Å². The minimum absolute atomic E-state index is 0.0225. The Kier molecular flexibility index (Phi) is 5.16. The maximum atomic E-state index is 11.8. The molecule has 0 saturated heterocycles. The third kappa shape index (κ3) is 3.83. The van der Waals surface area contributed by atoms with Gasteiger partial charge in [0.2, 0.25) is 0 Å². The molecule has 20 heavy (non-hydrogen) atoms. The zero-order valence-corrected chi connectivity index (χ0v) is 11.4. The van der Waals surface area contributed by atoms with Crippen LogP contribution in [-0.2, 0) is 11.5 Å². The highest BCUT2D eigenvalue weighted by Gasteiger charge is 2.08. The number of aliphatic hydroxyl groups is 1. The number of hydrogen-bond acceptors (Lipinski definition) is 5. The highest BCUT2D eigenvalue weighted by atomic mass is 32.2. The van der Waals surface area contributed by atoms with Crippen LogP contribution in [0.2, 0.25) is 0 Å². The Bertz CT molecular complexity index is 666. The van der Waals surface area contributed by atoms with E-state index in [4.69, 9.17) is 9.84 Å². The van der Waals surface area contributed by atoms with E-state index >= 15 is 0 Å². The summed E-state index contributed by atoms with van der Waals surface area (Å²) in [7, 11) is 0. The van der Waals surface area contributed by atoms with Crippen LogP contribution in [0.15, 0.2) is 55.9 Å². The molecule has 0 unspecified atom stereocenters. The van der Waals surface area contributed by atoms with Gasteiger partial charge in [0.15, 0.2) is 0 Å². The average Bonchev–Trinajstić information content (AvgIpc) is 2.43. The van der Waals surface area contributed by atoms with Crippen LogP contribution in [0.3, 0.4) is 0 Å². The molecule has 1 aromatic heterocycles. The van der Waals surface area contributed by atoms with Gasteiger partial charge in [0.1, 0.15) is 6.73 Å². The lowest BCUT2D eigenvalue weighted by molar-refractivity contribution is 0.0413. The first-order valence-electron chi connectivity index (χ1n) is 5.96. The summed E-state index contributed by atoms with van der Waals surface area (Å²) in [5.74, 6) is 0. The molecule has 0 radical (unpaired) electrons. The van der Waals surface area contributed by atoms with Crippen LogP contribution >= 0.6 is 11.8 Å². The second-order valence-electron chi connectivity index (χ2n) is 3.88. The summed E-state index contributed by atoms with van der Waals surface area (Å²) in [6, 6.07) is 10.8. The number of nitrogens with one attached hydrogen (secondary N) is 1. The molecule has 0 atom stereocenters. The molecule has 2 rings (SSSR count). The number of aromatic amines is 1. The lowest BCUT2D eigenvalue weighted by Crippen LogP contribution is -2.31. The molecule has 0 fully saturated rings. The van der Waals surface area contributed by atoms with E-state index in [-0.39, 0.29) is 19.9 Å². The van der Waals surface area contributed by atoms with Crippen molar-refractivity contribution < 1.29 is 9.84 Å². The quantitative estimate of drug-likeness (QED) is 0.604. The van der Waals surface area contributed by atoms with E-state index in [2.05, 4.69) is 4.98 Å². The number of benzene rings is 1. The van der Waals surface area contributed by atoms with Crippen LogP contribution < -0.4 is 11.2 Å². The number of rotatable bonds is 6. The summed E-state index contributed by atoms with van der Waals surface area (Å²) in [4.78, 5) is 26.3. The molecule has 0 saturated carbocycles. The summed E-state index contributed by atoms with van der Waals surface area (Å²) in [6.07, 6.45) is 0. The number of hydrogen-bond donors (Lipinski definition) is 2. The number of nitrogens with zero attached hydrogens (tertiary/aromatic N) is 1. The topological polar surface area (TPSA) is 84.3 Å². The van der Waals surface area contributed by atoms with Gasteiger partial charge in [-0.15, -0.1) is 0 Å². The molecule has 0 bridgehead atoms. The maximum absolute atomic E-state index is 11.8. The molecule has 6 nitrogen and oxygen atoms in total. The van der Waals surface area contributed by atoms with Gasteiger partial charge in [-0.2, -0.15) is 0 Å². The lowest BCUT2D eigenvalue weighted by atomic mass is 10.4. The predicted molar refractivity (Wildman–Crippen MR) is 74.9 cm³/mol. The van der Waals surface area contributed by atoms with Crippen molar-refractivity contribution in [2.75, 3.05) is 13.2 Å². The third-order valence-electron chi connectivity index (χ3n) is 2.42. The molecule has 7 heteroatoms. The van der Waals surface area contributed by atoms with Crippen molar-refractivity contribution in [2.45, 2.75) is 16.7 Å². The Morgan fingerprint density at radius 2 is 2.00 bits per heavy atom. The molecular formula is C13H14N2O4S. The highest BCUT2D eigenvalue weighted by Crippen LogP contribution is 2.25. The molecule has 0 spiro atoms. The Labute approximate surface area is 119 Å². The van der Waals surface area contributed by atoms with Crippen LogP contribution in [-0.4, -0.2) is 27.9 Å². The van der Waals surface area contributed by atoms with E-state index < -0.39 is 11.2 Å². The number of ether oxygens (including phenoxy) is 1. The van der Waals surface area contributed by atoms with Gasteiger partial charge >= 0.3 is 5.69 Å². The van der Waals surface area contributed by atoms with Crippen molar-refractivity contribution in [1.29, 1.82) is 0 Å². The van der Waals surface area contributed by atoms with E-state index in [0.717, 1.165) is 4.90 Å². The molecule has 1 heterocycles. The molecular weight excluding hydrogens is 280 g/mol. The van der Waals surface area contributed by atoms with Gasteiger partial charge in [0.25, 0.3) is 5.56 Å². The van der Waals surface area contributed by atoms with Gasteiger partial charge in [-0.3, -0.25) is 14.3 Å². The van der Waals surface area contributed by atoms with Crippen molar-refractivity contribution >= 4 is 11.8 Å². The normalized spacial score (nSPS) is 10.7. The second kappa shape index (κ2) is 7.09. The summed E-state index contributed by atoms with van der Waals surface area (Å²) in [5, 5.41) is 9.18. The maximum Gasteiger partial charge on any atom is 0.331 e. The number of aromatic nitrogens is 2. The monoisotopic (exact) mass is 294 g/mol. The van der Waals surface area contributed by atoms with E-state index in [1.807, 2.05) is 30.3 Å². The fourth-order valence-electron chi connectivity index (χ4n) is 1.54. The molecule has 2 N–H and O–H groups in total. The smallest absolute Gasteiger partial charge is 0.331 e. The highest BCUT2D eigenvalue weighted by molar-refractivity contribution is 7.99. The SMILES string of the molecule is O=c1cc(Sc2ccccc2)n(COCCO)c(=O)[nH]1. The summed E-state index contributed by atoms with van der Waals surface area (Å²) in [6.45, 7) is -0.0222. The lowest BCUT2D eigenvalue weighted by Gasteiger charge is -2.11. The van der Waals surface area contributed by atoms with Crippen molar-refractivity contribution in [3.8, 4) is 0 Å². The Morgan fingerprint density at radius 1 is 1.25 bits per heavy atom. The van der Waals surface area contributed by atoms with Crippen LogP contribution in [0.4, 0.5) is 0 Å². The van der Waals surface area contributed by atoms with E-state index in [9.17, 15) is 9.59 Å². The van der Waals surface area contributed by atoms with Gasteiger partial charge in [0, 0.05) is 11.0 Å². The van der Waals surface area contributed by atoms with Crippen molar-refractivity contribution in [3.05, 3.63) is 57.2 Å². The summed E-state index contributed by atoms with van der Waals surface area (Å²) < 4.78 is 6.46. The largest absolute Gasteiger partial charge is 0.394 e. The first kappa shape index (κ1) is 14.6. The zero-order valence-electron chi connectivity index (χ0n) is 10.6. The van der Waals surface area contributed by atoms with Crippen LogP contribution in [0, 0.1) is 0 Å². The van der Waals surface area contributed by atoms with E-state index in [1.54, 1.807) is 0 Å². The second-order valence-corrected chi connectivity index (χ2v) is 4.97. The summed E-state index contributed by atoms with van der Waals surface area (Å²) in [5.41, 5.74) is -0.985. The van der Waals surface area contributed by atoms with Gasteiger partial charge < -0.3 is 9.84 Å². The first-order chi connectivity index (χ1) is 9.70. The Balaban J connectivity index is 2.30. The van der Waals surface area contributed by atoms with E-state index in [1.165, 1.54) is 22.4 Å². The summed E-state index contributed by atoms with van der Waals surface area (Å²) >= 11 is 1.30. The molecule has 0 aliphatic heterocycles. The van der Waals surface area contributed by atoms with Gasteiger partial charge in [-0.1, -0.05) is 30.0 Å². The molecule has 2 aromatic rings. The molecule has 1 aromatic carbocycles. The molecule has 106 valence electrons. The minimum Gasteiger partial charge on any atom is -0.394 e. The van der Waals surface area contributed by atoms with Crippen LogP contribution in [0.5, 0.6) is 0 Å². The number of H-pyrrole nitrogens is 1. The Hall–Kier alpha value is -1.83. The average molecular weight is 294 g/mol. The standard InChI is InChI=1S/C13H14N2O4S/c16-6-7-19-9-15-12(8-11(17)14-13(15)18)20-10-4-2-1-3-5-10/h1-5,8,16H,6-7,9H2,(H,14,17,18). The predicted octanol–water partition coefficient (Wildman–Crippen LogP) is 0.654. The van der Waals surface area contributed by atoms with Crippen LogP contribution in [0.25, 0.3) is 0 Å². The van der Waals surface area contributed by atoms with Crippen LogP contribution in [0.1, 0.15) is 0 Å². The van der Waals surface area contributed by atoms with E-state index in [0.29, 0.717) is 5.03 Å². The molecule has 0 aliphatic rings. The fourth-order valence-corrected chi connectivity index (χ4v) is 2.48. The van der Waals surface area contributed by atoms with Gasteiger partial charge in [0.05, 0.1) is 18.2 Å². The molecule has 0 amide bonds. The first-order valence-corrected chi connectivity index (χ1v) is 6.78. The molecule has 0 aliphatic carbocycles. The van der Waals surface area contributed by atoms with Crippen molar-refractivity contribution in [3.63, 3.8) is 0 Å². The fraction of sp³-hybridized carbons (Fsp3) is 0.231. The third-order valence-corrected chi connectivity index (χ3v) is 3.47. The minimum atomic E-state index is -0.533. The zero-order chi connectivity index (χ0) is 14.4. The Morgan fingerprint density at radius 3 is 2.70 bits per heavy atom.